The van der Waals surface area contributed by atoms with E-state index in [0.717, 1.165) is 12.0 Å². The van der Waals surface area contributed by atoms with E-state index in [1.165, 1.54) is 19.1 Å². The highest BCUT2D eigenvalue weighted by atomic mass is 16.4. The number of Topliss-reactive ketones (excluding diaryl/α,β-unsaturated/α-hetero) is 1. The number of aromatic nitrogens is 1. The molecule has 25 heavy (non-hydrogen) atoms. The van der Waals surface area contributed by atoms with Crippen LogP contribution in [0.25, 0.3) is 0 Å². The van der Waals surface area contributed by atoms with Crippen molar-refractivity contribution in [3.05, 3.63) is 51.8 Å². The first-order valence-electron chi connectivity index (χ1n) is 8.13. The molecular formula is C19H22N2O4. The number of aromatic amines is 1. The zero-order valence-corrected chi connectivity index (χ0v) is 14.8. The lowest BCUT2D eigenvalue weighted by Crippen LogP contribution is -2.16. The summed E-state index contributed by atoms with van der Waals surface area (Å²) in [6, 6.07) is 4.56. The van der Waals surface area contributed by atoms with Gasteiger partial charge in [-0.1, -0.05) is 19.4 Å². The molecule has 2 aromatic rings. The van der Waals surface area contributed by atoms with Crippen LogP contribution in [0.3, 0.4) is 0 Å². The number of nitrogens with one attached hydrogen (secondary N) is 2. The number of benzene rings is 1. The van der Waals surface area contributed by atoms with Crippen molar-refractivity contribution in [3.63, 3.8) is 0 Å². The number of carboxylic acids is 1. The lowest BCUT2D eigenvalue weighted by Gasteiger charge is -2.10. The highest BCUT2D eigenvalue weighted by molar-refractivity contribution is 6.08. The topological polar surface area (TPSA) is 99.3 Å². The third kappa shape index (κ3) is 3.79. The van der Waals surface area contributed by atoms with Crippen LogP contribution >= 0.6 is 0 Å². The van der Waals surface area contributed by atoms with Crippen LogP contribution in [-0.4, -0.2) is 27.8 Å². The van der Waals surface area contributed by atoms with E-state index in [1.54, 1.807) is 19.9 Å². The molecule has 0 aliphatic heterocycles. The van der Waals surface area contributed by atoms with Gasteiger partial charge in [-0.05, 0) is 50.5 Å². The third-order valence-corrected chi connectivity index (χ3v) is 4.10. The largest absolute Gasteiger partial charge is 0.478 e. The van der Waals surface area contributed by atoms with Gasteiger partial charge in [0.05, 0.1) is 5.56 Å². The number of hydrogen-bond acceptors (Lipinski definition) is 3. The number of anilines is 1. The summed E-state index contributed by atoms with van der Waals surface area (Å²) in [4.78, 5) is 38.8. The van der Waals surface area contributed by atoms with Gasteiger partial charge in [0.25, 0.3) is 5.91 Å². The first kappa shape index (κ1) is 18.4. The van der Waals surface area contributed by atoms with Crippen LogP contribution in [0.15, 0.2) is 18.2 Å². The Kier molecular flexibility index (Phi) is 5.41. The molecule has 6 nitrogen and oxygen atoms in total. The van der Waals surface area contributed by atoms with Gasteiger partial charge in [-0.25, -0.2) is 4.79 Å². The van der Waals surface area contributed by atoms with E-state index < -0.39 is 5.97 Å². The molecule has 132 valence electrons. The molecule has 0 aliphatic rings. The Hall–Kier alpha value is -2.89. The van der Waals surface area contributed by atoms with E-state index in [9.17, 15) is 14.4 Å². The van der Waals surface area contributed by atoms with E-state index >= 15 is 0 Å². The van der Waals surface area contributed by atoms with E-state index in [2.05, 4.69) is 10.3 Å². The maximum absolute atomic E-state index is 12.7. The van der Waals surface area contributed by atoms with Crippen molar-refractivity contribution in [2.45, 2.75) is 40.5 Å². The molecule has 0 atom stereocenters. The van der Waals surface area contributed by atoms with Gasteiger partial charge in [0.1, 0.15) is 5.69 Å². The molecular weight excluding hydrogens is 320 g/mol. The van der Waals surface area contributed by atoms with Gasteiger partial charge in [0.15, 0.2) is 5.78 Å². The van der Waals surface area contributed by atoms with Crippen LogP contribution in [0.5, 0.6) is 0 Å². The quantitative estimate of drug-likeness (QED) is 0.696. The van der Waals surface area contributed by atoms with Gasteiger partial charge >= 0.3 is 5.97 Å². The molecule has 0 fully saturated rings. The van der Waals surface area contributed by atoms with Crippen LogP contribution in [0.1, 0.15) is 68.3 Å². The highest BCUT2D eigenvalue weighted by Gasteiger charge is 2.22. The Bertz CT molecular complexity index is 849. The summed E-state index contributed by atoms with van der Waals surface area (Å²) in [5.41, 5.74) is 3.57. The van der Waals surface area contributed by atoms with Crippen molar-refractivity contribution in [2.24, 2.45) is 0 Å². The summed E-state index contributed by atoms with van der Waals surface area (Å²) in [5, 5.41) is 11.9. The maximum atomic E-state index is 12.7. The number of ketones is 1. The molecule has 0 spiro atoms. The van der Waals surface area contributed by atoms with Crippen LogP contribution < -0.4 is 5.32 Å². The molecule has 1 aromatic carbocycles. The molecule has 3 N–H and O–H groups in total. The minimum absolute atomic E-state index is 0.0831. The Morgan fingerprint density at radius 1 is 1.20 bits per heavy atom. The van der Waals surface area contributed by atoms with Gasteiger partial charge < -0.3 is 15.4 Å². The van der Waals surface area contributed by atoms with Gasteiger partial charge in [-0.15, -0.1) is 0 Å². The van der Waals surface area contributed by atoms with Crippen molar-refractivity contribution < 1.29 is 19.5 Å². The summed E-state index contributed by atoms with van der Waals surface area (Å²) in [6.45, 7) is 7.02. The number of amides is 1. The van der Waals surface area contributed by atoms with Gasteiger partial charge in [0.2, 0.25) is 0 Å². The van der Waals surface area contributed by atoms with Crippen molar-refractivity contribution in [3.8, 4) is 0 Å². The molecule has 0 aliphatic carbocycles. The number of aryl methyl sites for hydroxylation is 2. The summed E-state index contributed by atoms with van der Waals surface area (Å²) in [6.07, 6.45) is 1.40. The molecule has 1 heterocycles. The van der Waals surface area contributed by atoms with E-state index in [0.29, 0.717) is 34.6 Å². The van der Waals surface area contributed by atoms with E-state index in [-0.39, 0.29) is 17.3 Å². The molecule has 0 saturated carbocycles. The molecule has 0 saturated heterocycles. The Morgan fingerprint density at radius 3 is 2.44 bits per heavy atom. The minimum atomic E-state index is -1.06. The number of carbonyl (C=O) groups is 3. The normalized spacial score (nSPS) is 10.6. The maximum Gasteiger partial charge on any atom is 0.335 e. The molecule has 0 bridgehead atoms. The summed E-state index contributed by atoms with van der Waals surface area (Å²) in [5.74, 6) is -1.53. The number of rotatable bonds is 6. The Labute approximate surface area is 146 Å². The highest BCUT2D eigenvalue weighted by Crippen LogP contribution is 2.24. The average Bonchev–Trinajstić information content (AvgIpc) is 2.86. The summed E-state index contributed by atoms with van der Waals surface area (Å²) >= 11 is 0. The number of H-pyrrole nitrogens is 1. The minimum Gasteiger partial charge on any atom is -0.478 e. The van der Waals surface area contributed by atoms with E-state index in [4.69, 9.17) is 5.11 Å². The molecule has 6 heteroatoms. The second-order valence-corrected chi connectivity index (χ2v) is 6.07. The molecule has 2 rings (SSSR count). The molecule has 1 amide bonds. The monoisotopic (exact) mass is 342 g/mol. The first-order valence-corrected chi connectivity index (χ1v) is 8.13. The van der Waals surface area contributed by atoms with E-state index in [1.807, 2.05) is 6.92 Å². The zero-order chi connectivity index (χ0) is 18.7. The number of carbonyl (C=O) groups excluding carboxylic acids is 2. The van der Waals surface area contributed by atoms with Crippen LogP contribution in [0.2, 0.25) is 0 Å². The number of carboxylic acid groups (broad SMARTS) is 1. The second-order valence-electron chi connectivity index (χ2n) is 6.07. The molecule has 0 unspecified atom stereocenters. The van der Waals surface area contributed by atoms with Crippen molar-refractivity contribution in [1.82, 2.24) is 4.98 Å². The summed E-state index contributed by atoms with van der Waals surface area (Å²) in [7, 11) is 0. The van der Waals surface area contributed by atoms with Crippen molar-refractivity contribution in [1.29, 1.82) is 0 Å². The SMILES string of the molecule is CCCc1c(C(=O)Nc2cc(C(=O)O)ccc2C)[nH]c(C)c1C(C)=O. The number of aromatic carboxylic acids is 1. The van der Waals surface area contributed by atoms with Gasteiger partial charge in [-0.2, -0.15) is 0 Å². The standard InChI is InChI=1S/C19H22N2O4/c1-5-6-14-16(12(4)22)11(3)20-17(14)18(23)21-15-9-13(19(24)25)8-7-10(15)2/h7-9,20H,5-6H2,1-4H3,(H,21,23)(H,24,25). The van der Waals surface area contributed by atoms with Crippen LogP contribution in [-0.2, 0) is 6.42 Å². The predicted octanol–water partition coefficient (Wildman–Crippen LogP) is 3.74. The van der Waals surface area contributed by atoms with Gasteiger partial charge in [-0.3, -0.25) is 9.59 Å². The smallest absolute Gasteiger partial charge is 0.335 e. The zero-order valence-electron chi connectivity index (χ0n) is 14.8. The summed E-state index contributed by atoms with van der Waals surface area (Å²) < 4.78 is 0. The van der Waals surface area contributed by atoms with Gasteiger partial charge in [0, 0.05) is 16.9 Å². The van der Waals surface area contributed by atoms with Crippen molar-refractivity contribution >= 4 is 23.3 Å². The lowest BCUT2D eigenvalue weighted by molar-refractivity contribution is 0.0696. The predicted molar refractivity (Wildman–Crippen MR) is 95.6 cm³/mol. The third-order valence-electron chi connectivity index (χ3n) is 4.10. The van der Waals surface area contributed by atoms with Crippen molar-refractivity contribution in [2.75, 3.05) is 5.32 Å². The molecule has 0 radical (unpaired) electrons. The van der Waals surface area contributed by atoms with Crippen LogP contribution in [0.4, 0.5) is 5.69 Å². The average molecular weight is 342 g/mol. The Balaban J connectivity index is 2.42. The fraction of sp³-hybridized carbons (Fsp3) is 0.316. The second kappa shape index (κ2) is 7.34. The first-order chi connectivity index (χ1) is 11.8. The Morgan fingerprint density at radius 2 is 1.88 bits per heavy atom. The molecule has 1 aromatic heterocycles. The fourth-order valence-corrected chi connectivity index (χ4v) is 2.92. The lowest BCUT2D eigenvalue weighted by atomic mass is 10.0. The fourth-order valence-electron chi connectivity index (χ4n) is 2.92. The number of hydrogen-bond donors (Lipinski definition) is 3. The van der Waals surface area contributed by atoms with Crippen LogP contribution in [0, 0.1) is 13.8 Å².